The van der Waals surface area contributed by atoms with E-state index in [4.69, 9.17) is 4.74 Å². The first-order valence-electron chi connectivity index (χ1n) is 11.1. The van der Waals surface area contributed by atoms with Crippen LogP contribution in [-0.4, -0.2) is 36.1 Å². The molecule has 1 aliphatic heterocycles. The fourth-order valence-electron chi connectivity index (χ4n) is 6.03. The van der Waals surface area contributed by atoms with Crippen molar-refractivity contribution in [1.82, 2.24) is 9.88 Å². The highest BCUT2D eigenvalue weighted by Gasteiger charge is 2.50. The monoisotopic (exact) mass is 406 g/mol. The van der Waals surface area contributed by atoms with Gasteiger partial charge in [0, 0.05) is 16.4 Å². The van der Waals surface area contributed by atoms with Crippen LogP contribution >= 0.6 is 0 Å². The summed E-state index contributed by atoms with van der Waals surface area (Å²) < 4.78 is 20.4. The van der Waals surface area contributed by atoms with Gasteiger partial charge in [0.25, 0.3) is 0 Å². The minimum absolute atomic E-state index is 0.0305. The van der Waals surface area contributed by atoms with Crippen LogP contribution in [0.3, 0.4) is 0 Å². The minimum atomic E-state index is -0.289. The number of halogens is 1. The molecule has 3 aliphatic rings. The molecule has 1 aromatic heterocycles. The molecule has 1 unspecified atom stereocenters. The molecule has 1 aromatic carbocycles. The van der Waals surface area contributed by atoms with E-state index in [9.17, 15) is 4.39 Å². The first kappa shape index (κ1) is 19.8. The van der Waals surface area contributed by atoms with Crippen LogP contribution in [0.1, 0.15) is 43.9 Å². The Hall–Kier alpha value is -2.17. The summed E-state index contributed by atoms with van der Waals surface area (Å²) in [6.45, 7) is 3.00. The molecule has 1 fully saturated rings. The number of hydrogen-bond acceptors (Lipinski definition) is 2. The van der Waals surface area contributed by atoms with E-state index in [2.05, 4.69) is 61.3 Å². The van der Waals surface area contributed by atoms with Gasteiger partial charge in [-0.3, -0.25) is 4.90 Å². The van der Waals surface area contributed by atoms with Crippen LogP contribution in [0.2, 0.25) is 0 Å². The van der Waals surface area contributed by atoms with Gasteiger partial charge in [-0.1, -0.05) is 37.3 Å². The summed E-state index contributed by atoms with van der Waals surface area (Å²) in [4.78, 5) is 6.03. The predicted octanol–water partition coefficient (Wildman–Crippen LogP) is 5.64. The van der Waals surface area contributed by atoms with Crippen LogP contribution in [-0.2, 0) is 16.8 Å². The van der Waals surface area contributed by atoms with Gasteiger partial charge in [0.15, 0.2) is 0 Å². The predicted molar refractivity (Wildman–Crippen MR) is 120 cm³/mol. The lowest BCUT2D eigenvalue weighted by atomic mass is 9.65. The topological polar surface area (TPSA) is 28.3 Å². The van der Waals surface area contributed by atoms with Gasteiger partial charge in [0.1, 0.15) is 11.4 Å². The summed E-state index contributed by atoms with van der Waals surface area (Å²) in [5.41, 5.74) is 4.68. The molecule has 1 spiro atoms. The van der Waals surface area contributed by atoms with Crippen molar-refractivity contribution >= 4 is 10.9 Å². The zero-order chi connectivity index (χ0) is 20.9. The number of benzene rings is 1. The fraction of sp³-hybridized carbons (Fsp3) is 0.462. The van der Waals surface area contributed by atoms with Crippen LogP contribution in [0.15, 0.2) is 54.2 Å². The normalized spacial score (nSPS) is 31.2. The maximum atomic E-state index is 13.9. The lowest BCUT2D eigenvalue weighted by Gasteiger charge is -2.52. The lowest BCUT2D eigenvalue weighted by Crippen LogP contribution is -2.53. The number of aromatic nitrogens is 1. The average molecular weight is 407 g/mol. The summed E-state index contributed by atoms with van der Waals surface area (Å²) in [6, 6.07) is 5.07. The summed E-state index contributed by atoms with van der Waals surface area (Å²) in [6.07, 6.45) is 15.9. The van der Waals surface area contributed by atoms with Crippen molar-refractivity contribution in [2.24, 2.45) is 5.92 Å². The zero-order valence-electron chi connectivity index (χ0n) is 18.2. The number of nitrogens with one attached hydrogen (secondary N) is 1. The lowest BCUT2D eigenvalue weighted by molar-refractivity contribution is -0.107. The molecule has 2 aromatic rings. The second-order valence-corrected chi connectivity index (χ2v) is 9.37. The molecule has 1 saturated carbocycles. The maximum absolute atomic E-state index is 13.9. The molecule has 0 bridgehead atoms. The highest BCUT2D eigenvalue weighted by Crippen LogP contribution is 2.52. The van der Waals surface area contributed by atoms with Crippen LogP contribution in [0.4, 0.5) is 4.39 Å². The Morgan fingerprint density at radius 1 is 1.10 bits per heavy atom. The third-order valence-corrected chi connectivity index (χ3v) is 7.72. The number of H-pyrrole nitrogens is 1. The van der Waals surface area contributed by atoms with Crippen LogP contribution in [0.5, 0.6) is 0 Å². The Morgan fingerprint density at radius 3 is 2.67 bits per heavy atom. The molecular formula is C26H31FN2O. The Balaban J connectivity index is 1.52. The van der Waals surface area contributed by atoms with E-state index in [1.807, 2.05) is 6.07 Å². The number of ether oxygens (including phenoxy) is 1. The standard InChI is InChI=1S/C26H31FN2O/c1-18-7-5-4-6-8-22(18)25(29(2)3)12-14-26(15-13-25)24-20(11-16-30-26)21-17-19(27)9-10-23(21)28-24/h4-10,17-18,28H,11-16H2,1-3H3. The molecule has 0 radical (unpaired) electrons. The number of rotatable bonds is 2. The number of aromatic amines is 1. The number of hydrogen-bond donors (Lipinski definition) is 1. The second-order valence-electron chi connectivity index (χ2n) is 9.37. The van der Waals surface area contributed by atoms with Crippen molar-refractivity contribution in [3.63, 3.8) is 0 Å². The third kappa shape index (κ3) is 2.92. The highest BCUT2D eigenvalue weighted by molar-refractivity contribution is 5.85. The van der Waals surface area contributed by atoms with Crippen molar-refractivity contribution < 1.29 is 9.13 Å². The quantitative estimate of drug-likeness (QED) is 0.699. The number of fused-ring (bicyclic) bond motifs is 4. The van der Waals surface area contributed by atoms with E-state index in [-0.39, 0.29) is 17.0 Å². The fourth-order valence-corrected chi connectivity index (χ4v) is 6.03. The molecule has 2 heterocycles. The number of nitrogens with zero attached hydrogens (tertiary/aromatic N) is 1. The Bertz CT molecular complexity index is 1050. The molecule has 2 aliphatic carbocycles. The summed E-state index contributed by atoms with van der Waals surface area (Å²) in [7, 11) is 4.42. The zero-order valence-corrected chi connectivity index (χ0v) is 18.2. The van der Waals surface area contributed by atoms with Crippen molar-refractivity contribution in [1.29, 1.82) is 0 Å². The Kier molecular flexibility index (Phi) is 4.75. The molecule has 158 valence electrons. The van der Waals surface area contributed by atoms with Gasteiger partial charge in [-0.15, -0.1) is 0 Å². The van der Waals surface area contributed by atoms with Gasteiger partial charge in [0.05, 0.1) is 12.3 Å². The van der Waals surface area contributed by atoms with E-state index >= 15 is 0 Å². The Labute approximate surface area is 178 Å². The molecular weight excluding hydrogens is 375 g/mol. The van der Waals surface area contributed by atoms with Crippen LogP contribution < -0.4 is 0 Å². The van der Waals surface area contributed by atoms with Crippen LogP contribution in [0, 0.1) is 11.7 Å². The van der Waals surface area contributed by atoms with Crippen molar-refractivity contribution in [2.45, 2.75) is 50.2 Å². The van der Waals surface area contributed by atoms with E-state index in [0.29, 0.717) is 12.5 Å². The van der Waals surface area contributed by atoms with E-state index in [0.717, 1.165) is 43.0 Å². The highest BCUT2D eigenvalue weighted by atomic mass is 19.1. The maximum Gasteiger partial charge on any atom is 0.123 e. The van der Waals surface area contributed by atoms with Gasteiger partial charge >= 0.3 is 0 Å². The van der Waals surface area contributed by atoms with E-state index in [1.54, 1.807) is 6.07 Å². The molecule has 3 nitrogen and oxygen atoms in total. The molecule has 5 rings (SSSR count). The molecule has 1 atom stereocenters. The molecule has 4 heteroatoms. The van der Waals surface area contributed by atoms with Gasteiger partial charge < -0.3 is 9.72 Å². The summed E-state index contributed by atoms with van der Waals surface area (Å²) in [5, 5.41) is 1.02. The molecule has 0 amide bonds. The van der Waals surface area contributed by atoms with Gasteiger partial charge in [-0.05, 0) is 81.5 Å². The first-order valence-corrected chi connectivity index (χ1v) is 11.1. The molecule has 0 saturated heterocycles. The van der Waals surface area contributed by atoms with Gasteiger partial charge in [-0.2, -0.15) is 0 Å². The first-order chi connectivity index (χ1) is 14.5. The van der Waals surface area contributed by atoms with Gasteiger partial charge in [0.2, 0.25) is 0 Å². The van der Waals surface area contributed by atoms with E-state index in [1.165, 1.54) is 22.9 Å². The van der Waals surface area contributed by atoms with Crippen molar-refractivity contribution in [3.8, 4) is 0 Å². The average Bonchev–Trinajstić information content (AvgIpc) is 2.97. The number of allylic oxidation sites excluding steroid dienone is 5. The van der Waals surface area contributed by atoms with Gasteiger partial charge in [-0.25, -0.2) is 4.39 Å². The largest absolute Gasteiger partial charge is 0.368 e. The minimum Gasteiger partial charge on any atom is -0.368 e. The van der Waals surface area contributed by atoms with E-state index < -0.39 is 0 Å². The molecule has 1 N–H and O–H groups in total. The summed E-state index contributed by atoms with van der Waals surface area (Å²) in [5.74, 6) is 0.242. The van der Waals surface area contributed by atoms with Crippen molar-refractivity contribution in [3.05, 3.63) is 71.2 Å². The smallest absolute Gasteiger partial charge is 0.123 e. The Morgan fingerprint density at radius 2 is 1.90 bits per heavy atom. The number of likely N-dealkylation sites (N-methyl/N-ethyl adjacent to an activating group) is 1. The van der Waals surface area contributed by atoms with Crippen LogP contribution in [0.25, 0.3) is 10.9 Å². The third-order valence-electron chi connectivity index (χ3n) is 7.72. The SMILES string of the molecule is CC1C=CC=CC=C1C1(N(C)C)CCC2(CC1)OCCc1c2[nH]c2ccc(F)cc12. The second kappa shape index (κ2) is 7.21. The summed E-state index contributed by atoms with van der Waals surface area (Å²) >= 11 is 0. The van der Waals surface area contributed by atoms with Crippen molar-refractivity contribution in [2.75, 3.05) is 20.7 Å². The molecule has 30 heavy (non-hydrogen) atoms.